The van der Waals surface area contributed by atoms with E-state index in [0.717, 1.165) is 36.6 Å². The van der Waals surface area contributed by atoms with Crippen LogP contribution in [0, 0.1) is 13.8 Å². The Balaban J connectivity index is 1.59. The number of benzene rings is 1. The molecule has 1 fully saturated rings. The number of amides is 1. The molecule has 1 aromatic carbocycles. The Morgan fingerprint density at radius 1 is 1.15 bits per heavy atom. The Morgan fingerprint density at radius 3 is 2.37 bits per heavy atom. The molecule has 1 aliphatic heterocycles. The summed E-state index contributed by atoms with van der Waals surface area (Å²) in [6, 6.07) is 5.20. The third-order valence-electron chi connectivity index (χ3n) is 5.05. The number of halogens is 3. The Labute approximate surface area is 174 Å². The lowest BCUT2D eigenvalue weighted by Crippen LogP contribution is -2.50. The van der Waals surface area contributed by atoms with E-state index in [0.29, 0.717) is 28.2 Å². The first kappa shape index (κ1) is 20.5. The molecule has 5 nitrogen and oxygen atoms in total. The summed E-state index contributed by atoms with van der Waals surface area (Å²) in [6.45, 7) is 9.33. The molecule has 0 saturated carbocycles. The quantitative estimate of drug-likeness (QED) is 0.725. The lowest BCUT2D eigenvalue weighted by atomic mass is 10.2. The van der Waals surface area contributed by atoms with E-state index in [-0.39, 0.29) is 11.9 Å². The van der Waals surface area contributed by atoms with Crippen molar-refractivity contribution in [2.45, 2.75) is 33.4 Å². The summed E-state index contributed by atoms with van der Waals surface area (Å²) in [5.74, 6) is 0.0708. The largest absolute Gasteiger partial charge is 0.338 e. The fraction of sp³-hybridized carbons (Fsp3) is 0.474. The number of carbonyl (C=O) groups is 1. The monoisotopic (exact) mass is 428 g/mol. The van der Waals surface area contributed by atoms with E-state index in [9.17, 15) is 4.79 Å². The van der Waals surface area contributed by atoms with E-state index in [2.05, 4.69) is 10.00 Å². The SMILES string of the molecule is Cc1nn(C(C)C(=O)N2CCN(Cc3ccc(Cl)cc3Cl)CC2)c(C)c1Cl. The number of carbonyl (C=O) groups excluding carboxylic acids is 1. The molecule has 1 amide bonds. The van der Waals surface area contributed by atoms with Crippen LogP contribution in [-0.4, -0.2) is 51.7 Å². The molecule has 2 aromatic rings. The summed E-state index contributed by atoms with van der Waals surface area (Å²) in [6.07, 6.45) is 0. The fourth-order valence-corrected chi connectivity index (χ4v) is 4.00. The highest BCUT2D eigenvalue weighted by atomic mass is 35.5. The zero-order chi connectivity index (χ0) is 19.7. The Hall–Kier alpha value is -1.27. The van der Waals surface area contributed by atoms with Crippen molar-refractivity contribution in [3.8, 4) is 0 Å². The molecule has 1 atom stereocenters. The predicted octanol–water partition coefficient (Wildman–Crippen LogP) is 4.37. The number of hydrogen-bond acceptors (Lipinski definition) is 3. The normalized spacial score (nSPS) is 16.6. The van der Waals surface area contributed by atoms with Crippen molar-refractivity contribution in [1.82, 2.24) is 19.6 Å². The molecule has 0 N–H and O–H groups in total. The molecule has 1 aliphatic rings. The number of aryl methyl sites for hydroxylation is 1. The van der Waals surface area contributed by atoms with Gasteiger partial charge in [-0.1, -0.05) is 40.9 Å². The van der Waals surface area contributed by atoms with Crippen molar-refractivity contribution in [1.29, 1.82) is 0 Å². The van der Waals surface area contributed by atoms with E-state index >= 15 is 0 Å². The molecule has 2 heterocycles. The van der Waals surface area contributed by atoms with Crippen LogP contribution in [-0.2, 0) is 11.3 Å². The van der Waals surface area contributed by atoms with Gasteiger partial charge in [-0.3, -0.25) is 14.4 Å². The van der Waals surface area contributed by atoms with Crippen LogP contribution >= 0.6 is 34.8 Å². The van der Waals surface area contributed by atoms with Gasteiger partial charge in [-0.05, 0) is 38.5 Å². The van der Waals surface area contributed by atoms with Crippen LogP contribution in [0.2, 0.25) is 15.1 Å². The Morgan fingerprint density at radius 2 is 1.81 bits per heavy atom. The van der Waals surface area contributed by atoms with Crippen LogP contribution < -0.4 is 0 Å². The van der Waals surface area contributed by atoms with E-state index < -0.39 is 0 Å². The first-order valence-corrected chi connectivity index (χ1v) is 10.1. The number of piperazine rings is 1. The number of rotatable bonds is 4. The summed E-state index contributed by atoms with van der Waals surface area (Å²) in [5.41, 5.74) is 2.62. The molecule has 27 heavy (non-hydrogen) atoms. The minimum absolute atomic E-state index is 0.0708. The van der Waals surface area contributed by atoms with Crippen molar-refractivity contribution < 1.29 is 4.79 Å². The van der Waals surface area contributed by atoms with Crippen molar-refractivity contribution in [3.05, 3.63) is 50.2 Å². The Bertz CT molecular complexity index is 844. The van der Waals surface area contributed by atoms with Crippen molar-refractivity contribution in [2.75, 3.05) is 26.2 Å². The van der Waals surface area contributed by atoms with Gasteiger partial charge in [-0.15, -0.1) is 0 Å². The van der Waals surface area contributed by atoms with Crippen LogP contribution in [0.25, 0.3) is 0 Å². The van der Waals surface area contributed by atoms with Gasteiger partial charge in [0.2, 0.25) is 5.91 Å². The smallest absolute Gasteiger partial charge is 0.247 e. The average molecular weight is 430 g/mol. The molecule has 1 unspecified atom stereocenters. The van der Waals surface area contributed by atoms with Crippen LogP contribution in [0.3, 0.4) is 0 Å². The third-order valence-corrected chi connectivity index (χ3v) is 6.19. The second-order valence-electron chi connectivity index (χ2n) is 6.94. The van der Waals surface area contributed by atoms with E-state index in [4.69, 9.17) is 34.8 Å². The molecule has 1 saturated heterocycles. The number of hydrogen-bond donors (Lipinski definition) is 0. The summed E-state index contributed by atoms with van der Waals surface area (Å²) < 4.78 is 1.72. The molecule has 0 radical (unpaired) electrons. The fourth-order valence-electron chi connectivity index (χ4n) is 3.41. The van der Waals surface area contributed by atoms with Gasteiger partial charge >= 0.3 is 0 Å². The van der Waals surface area contributed by atoms with Gasteiger partial charge in [0.15, 0.2) is 0 Å². The van der Waals surface area contributed by atoms with Crippen molar-refractivity contribution in [3.63, 3.8) is 0 Å². The lowest BCUT2D eigenvalue weighted by Gasteiger charge is -2.36. The van der Waals surface area contributed by atoms with Gasteiger partial charge in [-0.25, -0.2) is 0 Å². The highest BCUT2D eigenvalue weighted by molar-refractivity contribution is 6.35. The maximum Gasteiger partial charge on any atom is 0.247 e. The second kappa shape index (κ2) is 8.39. The minimum Gasteiger partial charge on any atom is -0.338 e. The van der Waals surface area contributed by atoms with Crippen molar-refractivity contribution >= 4 is 40.7 Å². The summed E-state index contributed by atoms with van der Waals surface area (Å²) in [5, 5.41) is 6.35. The highest BCUT2D eigenvalue weighted by Crippen LogP contribution is 2.25. The molecule has 146 valence electrons. The van der Waals surface area contributed by atoms with E-state index in [1.165, 1.54) is 0 Å². The van der Waals surface area contributed by atoms with Crippen LogP contribution in [0.4, 0.5) is 0 Å². The first-order chi connectivity index (χ1) is 12.8. The van der Waals surface area contributed by atoms with Gasteiger partial charge < -0.3 is 4.90 Å². The van der Waals surface area contributed by atoms with E-state index in [1.807, 2.05) is 37.8 Å². The molecule has 3 rings (SSSR count). The van der Waals surface area contributed by atoms with Gasteiger partial charge in [0.05, 0.1) is 16.4 Å². The van der Waals surface area contributed by atoms with Crippen LogP contribution in [0.1, 0.15) is 29.9 Å². The molecular weight excluding hydrogens is 407 g/mol. The standard InChI is InChI=1S/C19H23Cl3N4O/c1-12-18(22)13(2)26(23-12)14(3)19(27)25-8-6-24(7-9-25)11-15-4-5-16(20)10-17(15)21/h4-5,10,14H,6-9,11H2,1-3H3. The molecule has 1 aromatic heterocycles. The lowest BCUT2D eigenvalue weighted by molar-refractivity contribution is -0.136. The topological polar surface area (TPSA) is 41.4 Å². The van der Waals surface area contributed by atoms with Crippen LogP contribution in [0.15, 0.2) is 18.2 Å². The second-order valence-corrected chi connectivity index (χ2v) is 8.16. The maximum atomic E-state index is 12.9. The minimum atomic E-state index is -0.367. The molecule has 8 heteroatoms. The van der Waals surface area contributed by atoms with Crippen molar-refractivity contribution in [2.24, 2.45) is 0 Å². The molecule has 0 bridgehead atoms. The zero-order valence-electron chi connectivity index (χ0n) is 15.7. The molecule has 0 aliphatic carbocycles. The molecule has 0 spiro atoms. The van der Waals surface area contributed by atoms with E-state index in [1.54, 1.807) is 10.7 Å². The maximum absolute atomic E-state index is 12.9. The molecular formula is C19H23Cl3N4O. The summed E-state index contributed by atoms with van der Waals surface area (Å²) >= 11 is 18.4. The van der Waals surface area contributed by atoms with Gasteiger partial charge in [-0.2, -0.15) is 5.10 Å². The zero-order valence-corrected chi connectivity index (χ0v) is 17.9. The first-order valence-electron chi connectivity index (χ1n) is 8.94. The third kappa shape index (κ3) is 4.43. The Kier molecular flexibility index (Phi) is 6.36. The average Bonchev–Trinajstić information content (AvgIpc) is 2.91. The number of aromatic nitrogens is 2. The predicted molar refractivity (Wildman–Crippen MR) is 110 cm³/mol. The van der Waals surface area contributed by atoms with Crippen LogP contribution in [0.5, 0.6) is 0 Å². The van der Waals surface area contributed by atoms with Gasteiger partial charge in [0.25, 0.3) is 0 Å². The summed E-state index contributed by atoms with van der Waals surface area (Å²) in [7, 11) is 0. The highest BCUT2D eigenvalue weighted by Gasteiger charge is 2.28. The van der Waals surface area contributed by atoms with Gasteiger partial charge in [0, 0.05) is 42.8 Å². The van der Waals surface area contributed by atoms with Gasteiger partial charge in [0.1, 0.15) is 6.04 Å². The summed E-state index contributed by atoms with van der Waals surface area (Å²) in [4.78, 5) is 17.1. The number of nitrogens with zero attached hydrogens (tertiary/aromatic N) is 4.